The summed E-state index contributed by atoms with van der Waals surface area (Å²) in [5, 5.41) is 33.6. The molecule has 0 aromatic rings. The number of ether oxygens (including phenoxy) is 2. The molecule has 180 valence electrons. The van der Waals surface area contributed by atoms with Gasteiger partial charge in [0.2, 0.25) is 0 Å². The second-order valence-electron chi connectivity index (χ2n) is 10.5. The van der Waals surface area contributed by atoms with E-state index >= 15 is 0 Å². The van der Waals surface area contributed by atoms with Crippen molar-refractivity contribution in [1.29, 1.82) is 0 Å². The van der Waals surface area contributed by atoms with Crippen molar-refractivity contribution in [3.8, 4) is 0 Å². The molecule has 8 nitrogen and oxygen atoms in total. The maximum atomic E-state index is 14.2. The molecule has 0 aliphatic heterocycles. The van der Waals surface area contributed by atoms with Crippen LogP contribution >= 0.6 is 0 Å². The Labute approximate surface area is 193 Å². The highest BCUT2D eigenvalue weighted by Gasteiger charge is 2.76. The Bertz CT molecular complexity index is 990. The van der Waals surface area contributed by atoms with Crippen molar-refractivity contribution in [2.75, 3.05) is 13.7 Å². The highest BCUT2D eigenvalue weighted by Crippen LogP contribution is 2.71. The van der Waals surface area contributed by atoms with Gasteiger partial charge in [-0.15, -0.1) is 0 Å². The number of esters is 2. The number of carbonyl (C=O) groups excluding carboxylic acids is 3. The summed E-state index contributed by atoms with van der Waals surface area (Å²) in [4.78, 5) is 38.0. The van der Waals surface area contributed by atoms with Gasteiger partial charge in [-0.05, 0) is 47.7 Å². The fraction of sp³-hybridized carbons (Fsp3) is 0.640. The molecule has 1 spiro atoms. The van der Waals surface area contributed by atoms with E-state index in [1.807, 2.05) is 6.92 Å². The van der Waals surface area contributed by atoms with Gasteiger partial charge in [-0.1, -0.05) is 32.9 Å². The molecule has 0 radical (unpaired) electrons. The predicted molar refractivity (Wildman–Crippen MR) is 116 cm³/mol. The Morgan fingerprint density at radius 3 is 2.48 bits per heavy atom. The Balaban J connectivity index is 1.82. The van der Waals surface area contributed by atoms with Crippen molar-refractivity contribution in [1.82, 2.24) is 0 Å². The van der Waals surface area contributed by atoms with Crippen LogP contribution in [0.5, 0.6) is 0 Å². The van der Waals surface area contributed by atoms with E-state index in [-0.39, 0.29) is 34.5 Å². The number of allylic oxidation sites excluding steroid dienone is 1. The Morgan fingerprint density at radius 1 is 1.24 bits per heavy atom. The van der Waals surface area contributed by atoms with Crippen LogP contribution in [0.2, 0.25) is 0 Å². The van der Waals surface area contributed by atoms with Crippen molar-refractivity contribution >= 4 is 17.7 Å². The lowest BCUT2D eigenvalue weighted by Gasteiger charge is -2.48. The van der Waals surface area contributed by atoms with Crippen molar-refractivity contribution in [2.24, 2.45) is 34.5 Å². The molecule has 4 aliphatic carbocycles. The SMILES string of the molecule is COC(=O)/C=C/C(=O)O[C@H]1C(C)=C[C@@]23C(=O)[C@@H](C=C(CO)[C@@H](O)[C@]12O)[C@H]1[C@@H](C[C@H]3C)C1(C)C. The van der Waals surface area contributed by atoms with Gasteiger partial charge in [-0.25, -0.2) is 9.59 Å². The third-order valence-corrected chi connectivity index (χ3v) is 8.69. The molecule has 33 heavy (non-hydrogen) atoms. The third-order valence-electron chi connectivity index (χ3n) is 8.69. The molecule has 0 aromatic heterocycles. The molecule has 8 heteroatoms. The van der Waals surface area contributed by atoms with E-state index in [1.54, 1.807) is 19.1 Å². The lowest BCUT2D eigenvalue weighted by atomic mass is 9.59. The topological polar surface area (TPSA) is 130 Å². The highest BCUT2D eigenvalue weighted by molar-refractivity contribution is 5.96. The fourth-order valence-electron chi connectivity index (χ4n) is 6.95. The number of ketones is 1. The number of aliphatic hydroxyl groups excluding tert-OH is 2. The minimum Gasteiger partial charge on any atom is -0.466 e. The van der Waals surface area contributed by atoms with Gasteiger partial charge in [0.1, 0.15) is 6.10 Å². The summed E-state index contributed by atoms with van der Waals surface area (Å²) >= 11 is 0. The molecule has 3 N–H and O–H groups in total. The molecular weight excluding hydrogens is 428 g/mol. The molecule has 4 rings (SSSR count). The van der Waals surface area contributed by atoms with Gasteiger partial charge in [0.15, 0.2) is 17.5 Å². The average molecular weight is 461 g/mol. The summed E-state index contributed by atoms with van der Waals surface area (Å²) in [5.41, 5.74) is -3.18. The van der Waals surface area contributed by atoms with Crippen LogP contribution in [0.4, 0.5) is 0 Å². The van der Waals surface area contributed by atoms with Crippen LogP contribution in [0.3, 0.4) is 0 Å². The zero-order valence-corrected chi connectivity index (χ0v) is 19.6. The maximum Gasteiger partial charge on any atom is 0.331 e. The number of methoxy groups -OCH3 is 1. The molecule has 0 unspecified atom stereocenters. The molecule has 0 heterocycles. The monoisotopic (exact) mass is 460 g/mol. The number of hydrogen-bond donors (Lipinski definition) is 3. The Morgan fingerprint density at radius 2 is 1.88 bits per heavy atom. The number of Topliss-reactive ketones (excluding diaryl/α,β-unsaturated/α-hetero) is 1. The van der Waals surface area contributed by atoms with Crippen LogP contribution in [0.25, 0.3) is 0 Å². The van der Waals surface area contributed by atoms with E-state index in [0.29, 0.717) is 12.0 Å². The van der Waals surface area contributed by atoms with Crippen LogP contribution in [0.1, 0.15) is 34.1 Å². The first-order valence-electron chi connectivity index (χ1n) is 11.3. The molecule has 2 bridgehead atoms. The summed E-state index contributed by atoms with van der Waals surface area (Å²) in [5.74, 6) is -2.52. The fourth-order valence-corrected chi connectivity index (χ4v) is 6.95. The van der Waals surface area contributed by atoms with Gasteiger partial charge in [0.25, 0.3) is 0 Å². The number of carbonyl (C=O) groups is 3. The number of aliphatic hydroxyl groups is 3. The number of fused-ring (bicyclic) bond motifs is 3. The summed E-state index contributed by atoms with van der Waals surface area (Å²) in [6.45, 7) is 7.22. The van der Waals surface area contributed by atoms with Crippen molar-refractivity contribution < 1.29 is 39.2 Å². The predicted octanol–water partition coefficient (Wildman–Crippen LogP) is 1.10. The lowest BCUT2D eigenvalue weighted by molar-refractivity contribution is -0.201. The largest absolute Gasteiger partial charge is 0.466 e. The standard InChI is InChI=1S/C25H32O8/c1-12-10-24-13(2)8-16-19(23(16,3)4)15(21(24)30)9-14(11-26)20(29)25(24,31)22(12)33-18(28)7-6-17(27)32-5/h6-7,9-10,13,15-16,19-20,22,26,29,31H,8,11H2,1-5H3/b7-6+/t13-,15+,16-,19+,20-,22+,24-,25+/m1/s1. The first-order valence-corrected chi connectivity index (χ1v) is 11.3. The highest BCUT2D eigenvalue weighted by atomic mass is 16.6. The normalized spacial score (nSPS) is 43.0. The number of rotatable bonds is 4. The van der Waals surface area contributed by atoms with Crippen LogP contribution in [0.15, 0.2) is 35.5 Å². The van der Waals surface area contributed by atoms with Crippen molar-refractivity contribution in [2.45, 2.75) is 51.9 Å². The van der Waals surface area contributed by atoms with Crippen molar-refractivity contribution in [3.63, 3.8) is 0 Å². The Hall–Kier alpha value is -2.29. The van der Waals surface area contributed by atoms with Crippen LogP contribution in [-0.2, 0) is 23.9 Å². The molecule has 8 atom stereocenters. The first-order chi connectivity index (χ1) is 15.4. The first kappa shape index (κ1) is 23.9. The maximum absolute atomic E-state index is 14.2. The molecule has 0 amide bonds. The van der Waals surface area contributed by atoms with E-state index in [2.05, 4.69) is 18.6 Å². The molecule has 2 fully saturated rings. The second-order valence-corrected chi connectivity index (χ2v) is 10.5. The van der Waals surface area contributed by atoms with Crippen LogP contribution in [-0.4, -0.2) is 64.6 Å². The molecule has 4 aliphatic rings. The smallest absolute Gasteiger partial charge is 0.331 e. The average Bonchev–Trinajstić information content (AvgIpc) is 3.26. The van der Waals surface area contributed by atoms with E-state index < -0.39 is 47.7 Å². The summed E-state index contributed by atoms with van der Waals surface area (Å²) in [7, 11) is 1.17. The quantitative estimate of drug-likeness (QED) is 0.323. The van der Waals surface area contributed by atoms with Gasteiger partial charge in [-0.2, -0.15) is 0 Å². The van der Waals surface area contributed by atoms with E-state index in [0.717, 1.165) is 12.2 Å². The lowest BCUT2D eigenvalue weighted by Crippen LogP contribution is -2.65. The van der Waals surface area contributed by atoms with Gasteiger partial charge >= 0.3 is 11.9 Å². The number of hydrogen-bond acceptors (Lipinski definition) is 8. The second kappa shape index (κ2) is 7.61. The van der Waals surface area contributed by atoms with Crippen LogP contribution < -0.4 is 0 Å². The summed E-state index contributed by atoms with van der Waals surface area (Å²) in [6.07, 6.45) is 2.74. The van der Waals surface area contributed by atoms with Gasteiger partial charge in [-0.3, -0.25) is 4.79 Å². The van der Waals surface area contributed by atoms with Crippen molar-refractivity contribution in [3.05, 3.63) is 35.5 Å². The molecular formula is C25H32O8. The van der Waals surface area contributed by atoms with E-state index in [9.17, 15) is 29.7 Å². The zero-order chi connectivity index (χ0) is 24.5. The Kier molecular flexibility index (Phi) is 5.50. The van der Waals surface area contributed by atoms with E-state index in [1.165, 1.54) is 7.11 Å². The van der Waals surface area contributed by atoms with Crippen LogP contribution in [0, 0.1) is 34.5 Å². The molecule has 0 aromatic carbocycles. The minimum atomic E-state index is -2.20. The van der Waals surface area contributed by atoms with Gasteiger partial charge in [0, 0.05) is 18.1 Å². The van der Waals surface area contributed by atoms with Gasteiger partial charge in [0.05, 0.1) is 19.1 Å². The zero-order valence-electron chi connectivity index (χ0n) is 19.6. The molecule has 2 saturated carbocycles. The molecule has 0 saturated heterocycles. The summed E-state index contributed by atoms with van der Waals surface area (Å²) < 4.78 is 10.0. The van der Waals surface area contributed by atoms with Gasteiger partial charge < -0.3 is 24.8 Å². The minimum absolute atomic E-state index is 0.0428. The third kappa shape index (κ3) is 3.03. The van der Waals surface area contributed by atoms with E-state index in [4.69, 9.17) is 4.74 Å². The summed E-state index contributed by atoms with van der Waals surface area (Å²) in [6, 6.07) is 0.